The van der Waals surface area contributed by atoms with E-state index in [1.54, 1.807) is 22.7 Å². The SMILES string of the molecule is C[CH]c1sc2nc(-c3cccs3)cn2c1C. The summed E-state index contributed by atoms with van der Waals surface area (Å²) in [5.74, 6) is 0. The quantitative estimate of drug-likeness (QED) is 0.669. The smallest absolute Gasteiger partial charge is 0.194 e. The van der Waals surface area contributed by atoms with Gasteiger partial charge in [-0.3, -0.25) is 4.40 Å². The maximum absolute atomic E-state index is 4.66. The van der Waals surface area contributed by atoms with E-state index in [-0.39, 0.29) is 0 Å². The Hall–Kier alpha value is -1.13. The average molecular weight is 247 g/mol. The van der Waals surface area contributed by atoms with Crippen LogP contribution in [0.4, 0.5) is 0 Å². The fourth-order valence-electron chi connectivity index (χ4n) is 1.78. The van der Waals surface area contributed by atoms with E-state index in [1.807, 2.05) is 0 Å². The number of thiophene rings is 1. The van der Waals surface area contributed by atoms with Crippen molar-refractivity contribution >= 4 is 27.6 Å². The van der Waals surface area contributed by atoms with Gasteiger partial charge in [-0.1, -0.05) is 13.0 Å². The Labute approximate surface area is 102 Å². The zero-order valence-electron chi connectivity index (χ0n) is 9.10. The third-order valence-electron chi connectivity index (χ3n) is 2.63. The van der Waals surface area contributed by atoms with E-state index in [0.29, 0.717) is 0 Å². The predicted octanol–water partition coefficient (Wildman–Crippen LogP) is 4.01. The molecule has 0 bridgehead atoms. The first kappa shape index (κ1) is 10.1. The minimum Gasteiger partial charge on any atom is -0.294 e. The van der Waals surface area contributed by atoms with Crippen LogP contribution in [0.2, 0.25) is 0 Å². The number of hydrogen-bond donors (Lipinski definition) is 0. The summed E-state index contributed by atoms with van der Waals surface area (Å²) in [6, 6.07) is 4.17. The minimum atomic E-state index is 1.08. The van der Waals surface area contributed by atoms with Gasteiger partial charge in [0.25, 0.3) is 0 Å². The molecule has 0 amide bonds. The van der Waals surface area contributed by atoms with Crippen molar-refractivity contribution in [1.82, 2.24) is 9.38 Å². The first-order valence-corrected chi connectivity index (χ1v) is 6.81. The van der Waals surface area contributed by atoms with E-state index in [1.165, 1.54) is 15.4 Å². The molecule has 0 N–H and O–H groups in total. The first-order chi connectivity index (χ1) is 7.79. The number of aryl methyl sites for hydroxylation is 1. The summed E-state index contributed by atoms with van der Waals surface area (Å²) in [4.78, 5) is 8.27. The van der Waals surface area contributed by atoms with Crippen LogP contribution in [0.3, 0.4) is 0 Å². The van der Waals surface area contributed by atoms with Gasteiger partial charge < -0.3 is 0 Å². The molecular formula is C12H11N2S2. The van der Waals surface area contributed by atoms with Gasteiger partial charge in [0.15, 0.2) is 4.96 Å². The highest BCUT2D eigenvalue weighted by atomic mass is 32.1. The van der Waals surface area contributed by atoms with Crippen molar-refractivity contribution in [3.8, 4) is 10.6 Å². The molecule has 81 valence electrons. The van der Waals surface area contributed by atoms with Crippen molar-refractivity contribution in [2.45, 2.75) is 13.8 Å². The third kappa shape index (κ3) is 1.41. The van der Waals surface area contributed by atoms with Gasteiger partial charge in [0.05, 0.1) is 4.88 Å². The van der Waals surface area contributed by atoms with Crippen LogP contribution in [0, 0.1) is 13.3 Å². The first-order valence-electron chi connectivity index (χ1n) is 5.11. The lowest BCUT2D eigenvalue weighted by Crippen LogP contribution is -1.83. The zero-order chi connectivity index (χ0) is 11.1. The lowest BCUT2D eigenvalue weighted by atomic mass is 10.3. The molecule has 0 aliphatic heterocycles. The Bertz CT molecular complexity index is 617. The van der Waals surface area contributed by atoms with Crippen molar-refractivity contribution < 1.29 is 0 Å². The Morgan fingerprint density at radius 1 is 1.44 bits per heavy atom. The normalized spacial score (nSPS) is 11.4. The fourth-order valence-corrected chi connectivity index (χ4v) is 3.45. The number of thiazole rings is 1. The standard InChI is InChI=1S/C12H11N2S2/c1-3-10-8(2)14-7-9(13-12(14)16-10)11-5-4-6-15-11/h3-7H,1-2H3. The highest BCUT2D eigenvalue weighted by Gasteiger charge is 2.11. The van der Waals surface area contributed by atoms with E-state index in [0.717, 1.165) is 10.7 Å². The van der Waals surface area contributed by atoms with Crippen LogP contribution in [0.25, 0.3) is 15.5 Å². The largest absolute Gasteiger partial charge is 0.294 e. The number of imidazole rings is 1. The van der Waals surface area contributed by atoms with Crippen LogP contribution >= 0.6 is 22.7 Å². The molecule has 3 aromatic heterocycles. The summed E-state index contributed by atoms with van der Waals surface area (Å²) in [5, 5.41) is 2.08. The summed E-state index contributed by atoms with van der Waals surface area (Å²) in [6.45, 7) is 4.21. The van der Waals surface area contributed by atoms with Crippen LogP contribution in [0.5, 0.6) is 0 Å². The van der Waals surface area contributed by atoms with Gasteiger partial charge >= 0.3 is 0 Å². The molecule has 0 atom stereocenters. The lowest BCUT2D eigenvalue weighted by molar-refractivity contribution is 1.11. The summed E-state index contributed by atoms with van der Waals surface area (Å²) in [7, 11) is 0. The monoisotopic (exact) mass is 247 g/mol. The molecule has 3 rings (SSSR count). The van der Waals surface area contributed by atoms with Gasteiger partial charge in [-0.05, 0) is 24.8 Å². The minimum absolute atomic E-state index is 1.08. The van der Waals surface area contributed by atoms with Crippen molar-refractivity contribution in [2.75, 3.05) is 0 Å². The number of fused-ring (bicyclic) bond motifs is 1. The predicted molar refractivity (Wildman–Crippen MR) is 70.2 cm³/mol. The summed E-state index contributed by atoms with van der Waals surface area (Å²) in [5.41, 5.74) is 2.35. The molecule has 1 radical (unpaired) electrons. The second kappa shape index (κ2) is 3.71. The molecular weight excluding hydrogens is 236 g/mol. The van der Waals surface area contributed by atoms with E-state index in [2.05, 4.69) is 53.4 Å². The zero-order valence-corrected chi connectivity index (χ0v) is 10.7. The molecule has 0 saturated heterocycles. The number of aromatic nitrogens is 2. The average Bonchev–Trinajstić information content (AvgIpc) is 2.95. The maximum Gasteiger partial charge on any atom is 0.194 e. The molecule has 0 unspecified atom stereocenters. The van der Waals surface area contributed by atoms with Crippen molar-refractivity contribution in [3.63, 3.8) is 0 Å². The molecule has 2 nitrogen and oxygen atoms in total. The maximum atomic E-state index is 4.66. The molecule has 0 aromatic carbocycles. The van der Waals surface area contributed by atoms with Crippen molar-refractivity contribution in [3.05, 3.63) is 40.7 Å². The van der Waals surface area contributed by atoms with Gasteiger partial charge in [0.2, 0.25) is 0 Å². The molecule has 0 spiro atoms. The fraction of sp³-hybridized carbons (Fsp3) is 0.167. The highest BCUT2D eigenvalue weighted by molar-refractivity contribution is 7.17. The number of rotatable bonds is 2. The molecule has 4 heteroatoms. The van der Waals surface area contributed by atoms with Crippen molar-refractivity contribution in [1.29, 1.82) is 0 Å². The molecule has 3 heterocycles. The third-order valence-corrected chi connectivity index (χ3v) is 4.74. The van der Waals surface area contributed by atoms with E-state index < -0.39 is 0 Å². The Morgan fingerprint density at radius 3 is 2.94 bits per heavy atom. The van der Waals surface area contributed by atoms with Crippen LogP contribution in [0.1, 0.15) is 17.5 Å². The van der Waals surface area contributed by atoms with E-state index in [4.69, 9.17) is 0 Å². The molecule has 16 heavy (non-hydrogen) atoms. The van der Waals surface area contributed by atoms with Gasteiger partial charge in [-0.2, -0.15) is 0 Å². The topological polar surface area (TPSA) is 17.3 Å². The highest BCUT2D eigenvalue weighted by Crippen LogP contribution is 2.29. The molecule has 0 aliphatic rings. The lowest BCUT2D eigenvalue weighted by Gasteiger charge is -1.92. The molecule has 0 saturated carbocycles. The molecule has 3 aromatic rings. The van der Waals surface area contributed by atoms with Crippen LogP contribution in [0.15, 0.2) is 23.7 Å². The summed E-state index contributed by atoms with van der Waals surface area (Å²) in [6.07, 6.45) is 4.26. The van der Waals surface area contributed by atoms with Crippen LogP contribution < -0.4 is 0 Å². The van der Waals surface area contributed by atoms with Crippen LogP contribution in [-0.2, 0) is 0 Å². The number of nitrogens with zero attached hydrogens (tertiary/aromatic N) is 2. The Kier molecular flexibility index (Phi) is 2.33. The van der Waals surface area contributed by atoms with Gasteiger partial charge in [-0.25, -0.2) is 4.98 Å². The van der Waals surface area contributed by atoms with Crippen LogP contribution in [-0.4, -0.2) is 9.38 Å². The van der Waals surface area contributed by atoms with Gasteiger partial charge in [-0.15, -0.1) is 22.7 Å². The van der Waals surface area contributed by atoms with E-state index >= 15 is 0 Å². The van der Waals surface area contributed by atoms with E-state index in [9.17, 15) is 0 Å². The summed E-state index contributed by atoms with van der Waals surface area (Å²) >= 11 is 3.47. The Balaban J connectivity index is 2.18. The second-order valence-electron chi connectivity index (χ2n) is 3.60. The second-order valence-corrected chi connectivity index (χ2v) is 5.55. The van der Waals surface area contributed by atoms with Crippen molar-refractivity contribution in [2.24, 2.45) is 0 Å². The molecule has 0 aliphatic carbocycles. The summed E-state index contributed by atoms with van der Waals surface area (Å²) < 4.78 is 2.18. The van der Waals surface area contributed by atoms with Gasteiger partial charge in [0.1, 0.15) is 5.69 Å². The van der Waals surface area contributed by atoms with Gasteiger partial charge in [0, 0.05) is 16.8 Å². The Morgan fingerprint density at radius 2 is 2.31 bits per heavy atom. The number of hydrogen-bond acceptors (Lipinski definition) is 3. The molecule has 0 fully saturated rings.